The lowest BCUT2D eigenvalue weighted by Crippen LogP contribution is -2.24. The lowest BCUT2D eigenvalue weighted by Gasteiger charge is -2.05. The molecule has 6 nitrogen and oxygen atoms in total. The number of hydrogen-bond donors (Lipinski definition) is 1. The van der Waals surface area contributed by atoms with E-state index in [0.29, 0.717) is 0 Å². The molecule has 3 rings (SSSR count). The molecule has 0 spiro atoms. The fraction of sp³-hybridized carbons (Fsp3) is 0.105. The van der Waals surface area contributed by atoms with E-state index in [9.17, 15) is 14.4 Å². The minimum absolute atomic E-state index is 0.206. The van der Waals surface area contributed by atoms with Crippen LogP contribution >= 0.6 is 0 Å². The van der Waals surface area contributed by atoms with Crippen molar-refractivity contribution >= 4 is 24.1 Å². The summed E-state index contributed by atoms with van der Waals surface area (Å²) < 4.78 is 9.62. The number of ether oxygens (including phenoxy) is 2. The predicted molar refractivity (Wildman–Crippen MR) is 89.9 cm³/mol. The number of carbonyl (C=O) groups excluding carboxylic acids is 3. The van der Waals surface area contributed by atoms with Gasteiger partial charge >= 0.3 is 18.0 Å². The van der Waals surface area contributed by atoms with E-state index in [-0.39, 0.29) is 24.3 Å². The van der Waals surface area contributed by atoms with E-state index in [1.54, 1.807) is 30.4 Å². The minimum Gasteiger partial charge on any atom is -0.445 e. The smallest absolute Gasteiger partial charge is 0.407 e. The minimum atomic E-state index is -0.641. The molecule has 0 saturated carbocycles. The van der Waals surface area contributed by atoms with Gasteiger partial charge in [0.15, 0.2) is 0 Å². The maximum atomic E-state index is 11.6. The Balaban J connectivity index is 1.47. The van der Waals surface area contributed by atoms with Gasteiger partial charge in [0.05, 0.1) is 11.1 Å². The molecule has 0 aliphatic carbocycles. The lowest BCUT2D eigenvalue weighted by atomic mass is 10.1. The summed E-state index contributed by atoms with van der Waals surface area (Å²) in [6.07, 6.45) is 2.93. The maximum absolute atomic E-state index is 11.6. The summed E-state index contributed by atoms with van der Waals surface area (Å²) in [4.78, 5) is 34.5. The molecule has 6 heteroatoms. The summed E-state index contributed by atoms with van der Waals surface area (Å²) >= 11 is 0. The number of esters is 2. The number of carbonyl (C=O) groups is 3. The van der Waals surface area contributed by atoms with Crippen molar-refractivity contribution in [3.8, 4) is 0 Å². The first-order valence-corrected chi connectivity index (χ1v) is 7.65. The summed E-state index contributed by atoms with van der Waals surface area (Å²) in [5.74, 6) is -1.27. The largest absolute Gasteiger partial charge is 0.445 e. The second kappa shape index (κ2) is 7.44. The molecule has 1 aliphatic rings. The van der Waals surface area contributed by atoms with Gasteiger partial charge in [-0.05, 0) is 23.3 Å². The van der Waals surface area contributed by atoms with Gasteiger partial charge in [-0.15, -0.1) is 0 Å². The van der Waals surface area contributed by atoms with Gasteiger partial charge in [0, 0.05) is 6.54 Å². The van der Waals surface area contributed by atoms with Crippen LogP contribution in [0.15, 0.2) is 54.6 Å². The van der Waals surface area contributed by atoms with Gasteiger partial charge in [-0.3, -0.25) is 0 Å². The molecule has 0 aromatic heterocycles. The van der Waals surface area contributed by atoms with Crippen molar-refractivity contribution in [1.29, 1.82) is 0 Å². The van der Waals surface area contributed by atoms with Crippen molar-refractivity contribution in [1.82, 2.24) is 5.32 Å². The number of hydrogen-bond acceptors (Lipinski definition) is 5. The molecule has 2 aromatic carbocycles. The zero-order chi connectivity index (χ0) is 17.6. The first-order chi connectivity index (χ1) is 12.1. The van der Waals surface area contributed by atoms with E-state index >= 15 is 0 Å². The monoisotopic (exact) mass is 337 g/mol. The molecule has 0 fully saturated rings. The standard InChI is InChI=1S/C19H15NO5/c21-17-15-9-8-13(11-16(15)18(22)25-17)7-4-10-20-19(23)24-12-14-5-2-1-3-6-14/h1-9,11H,10,12H2,(H,20,23). The van der Waals surface area contributed by atoms with Gasteiger partial charge in [0.2, 0.25) is 0 Å². The predicted octanol–water partition coefficient (Wildman–Crippen LogP) is 2.94. The second-order valence-corrected chi connectivity index (χ2v) is 5.33. The number of amides is 1. The van der Waals surface area contributed by atoms with Crippen molar-refractivity contribution in [2.75, 3.05) is 6.54 Å². The molecule has 0 atom stereocenters. The third-order valence-corrected chi connectivity index (χ3v) is 3.56. The van der Waals surface area contributed by atoms with E-state index in [4.69, 9.17) is 4.74 Å². The number of benzene rings is 2. The molecule has 1 amide bonds. The van der Waals surface area contributed by atoms with Crippen LogP contribution in [0.1, 0.15) is 31.8 Å². The molecule has 0 unspecified atom stereocenters. The van der Waals surface area contributed by atoms with Crippen LogP contribution in [0, 0.1) is 0 Å². The van der Waals surface area contributed by atoms with Gasteiger partial charge in [-0.1, -0.05) is 48.6 Å². The van der Waals surface area contributed by atoms with E-state index in [2.05, 4.69) is 10.1 Å². The van der Waals surface area contributed by atoms with Crippen LogP contribution in [0.5, 0.6) is 0 Å². The average molecular weight is 337 g/mol. The first kappa shape index (κ1) is 16.4. The van der Waals surface area contributed by atoms with E-state index in [0.717, 1.165) is 11.1 Å². The van der Waals surface area contributed by atoms with Gasteiger partial charge in [0.25, 0.3) is 0 Å². The van der Waals surface area contributed by atoms with Crippen molar-refractivity contribution in [2.45, 2.75) is 6.61 Å². The van der Waals surface area contributed by atoms with Crippen molar-refractivity contribution < 1.29 is 23.9 Å². The van der Waals surface area contributed by atoms with E-state index in [1.165, 1.54) is 0 Å². The first-order valence-electron chi connectivity index (χ1n) is 7.65. The third-order valence-electron chi connectivity index (χ3n) is 3.56. The quantitative estimate of drug-likeness (QED) is 0.670. The van der Waals surface area contributed by atoms with Crippen LogP contribution in [0.25, 0.3) is 6.08 Å². The number of rotatable bonds is 5. The maximum Gasteiger partial charge on any atom is 0.407 e. The van der Waals surface area contributed by atoms with Crippen molar-refractivity contribution in [3.05, 3.63) is 76.9 Å². The van der Waals surface area contributed by atoms with Crippen LogP contribution in [-0.4, -0.2) is 24.6 Å². The Bertz CT molecular complexity index is 842. The summed E-state index contributed by atoms with van der Waals surface area (Å²) in [6, 6.07) is 14.2. The molecular formula is C19H15NO5. The van der Waals surface area contributed by atoms with Crippen LogP contribution in [0.4, 0.5) is 4.79 Å². The highest BCUT2D eigenvalue weighted by atomic mass is 16.6. The SMILES string of the molecule is O=C(NCC=Cc1ccc2c(c1)C(=O)OC2=O)OCc1ccccc1. The summed E-state index contributed by atoms with van der Waals surface area (Å²) in [6.45, 7) is 0.478. The van der Waals surface area contributed by atoms with Crippen LogP contribution in [-0.2, 0) is 16.1 Å². The topological polar surface area (TPSA) is 81.7 Å². The van der Waals surface area contributed by atoms with Gasteiger partial charge < -0.3 is 14.8 Å². The summed E-state index contributed by atoms with van der Waals surface area (Å²) in [5, 5.41) is 2.60. The zero-order valence-electron chi connectivity index (χ0n) is 13.2. The molecule has 1 aliphatic heterocycles. The Labute approximate surface area is 144 Å². The van der Waals surface area contributed by atoms with Crippen molar-refractivity contribution in [3.63, 3.8) is 0 Å². The molecular weight excluding hydrogens is 322 g/mol. The zero-order valence-corrected chi connectivity index (χ0v) is 13.2. The highest BCUT2D eigenvalue weighted by Gasteiger charge is 2.29. The Morgan fingerprint density at radius 3 is 2.60 bits per heavy atom. The lowest BCUT2D eigenvalue weighted by molar-refractivity contribution is 0.0443. The molecule has 0 radical (unpaired) electrons. The Morgan fingerprint density at radius 1 is 1.04 bits per heavy atom. The van der Waals surface area contributed by atoms with Crippen LogP contribution in [0.3, 0.4) is 0 Å². The van der Waals surface area contributed by atoms with Gasteiger partial charge in [-0.2, -0.15) is 0 Å². The Morgan fingerprint density at radius 2 is 1.80 bits per heavy atom. The molecule has 0 bridgehead atoms. The molecule has 2 aromatic rings. The highest BCUT2D eigenvalue weighted by Crippen LogP contribution is 2.21. The van der Waals surface area contributed by atoms with Gasteiger partial charge in [0.1, 0.15) is 6.61 Å². The van der Waals surface area contributed by atoms with E-state index < -0.39 is 18.0 Å². The molecule has 126 valence electrons. The summed E-state index contributed by atoms with van der Waals surface area (Å²) in [7, 11) is 0. The van der Waals surface area contributed by atoms with E-state index in [1.807, 2.05) is 30.3 Å². The second-order valence-electron chi connectivity index (χ2n) is 5.33. The number of alkyl carbamates (subject to hydrolysis) is 1. The Kier molecular flexibility index (Phi) is 4.89. The van der Waals surface area contributed by atoms with Crippen LogP contribution < -0.4 is 5.32 Å². The van der Waals surface area contributed by atoms with Crippen molar-refractivity contribution in [2.24, 2.45) is 0 Å². The fourth-order valence-electron chi connectivity index (χ4n) is 2.32. The normalized spacial score (nSPS) is 12.8. The molecule has 1 heterocycles. The fourth-order valence-corrected chi connectivity index (χ4v) is 2.32. The highest BCUT2D eigenvalue weighted by molar-refractivity contribution is 6.14. The molecule has 25 heavy (non-hydrogen) atoms. The molecule has 1 N–H and O–H groups in total. The van der Waals surface area contributed by atoms with Gasteiger partial charge in [-0.25, -0.2) is 14.4 Å². The number of nitrogens with one attached hydrogen (secondary N) is 1. The summed E-state index contributed by atoms with van der Waals surface area (Å²) in [5.41, 5.74) is 2.16. The van der Waals surface area contributed by atoms with Crippen LogP contribution in [0.2, 0.25) is 0 Å². The molecule has 0 saturated heterocycles. The third kappa shape index (κ3) is 4.11. The Hall–Kier alpha value is -3.41. The number of fused-ring (bicyclic) bond motifs is 1. The average Bonchev–Trinajstić information content (AvgIpc) is 2.91. The number of cyclic esters (lactones) is 2.